The highest BCUT2D eigenvalue weighted by atomic mass is 79.9. The standard InChI is InChI=1S/C12H15BrFN3O/c13-10-2-1-9(14)7-11(10)16-12(18)8-17-5-3-15-4-6-17/h1-2,7,15H,3-6,8H2,(H,16,18). The highest BCUT2D eigenvalue weighted by molar-refractivity contribution is 9.10. The molecule has 18 heavy (non-hydrogen) atoms. The molecule has 0 radical (unpaired) electrons. The normalized spacial score (nSPS) is 16.6. The van der Waals surface area contributed by atoms with Gasteiger partial charge in [-0.25, -0.2) is 4.39 Å². The van der Waals surface area contributed by atoms with Crippen molar-refractivity contribution in [1.82, 2.24) is 10.2 Å². The summed E-state index contributed by atoms with van der Waals surface area (Å²) in [7, 11) is 0. The first kappa shape index (κ1) is 13.5. The van der Waals surface area contributed by atoms with Crippen LogP contribution in [0.25, 0.3) is 0 Å². The van der Waals surface area contributed by atoms with E-state index >= 15 is 0 Å². The molecule has 0 saturated carbocycles. The molecular formula is C12H15BrFN3O. The molecule has 0 spiro atoms. The Balaban J connectivity index is 1.92. The molecule has 1 aliphatic heterocycles. The van der Waals surface area contributed by atoms with Gasteiger partial charge in [0.15, 0.2) is 0 Å². The third-order valence-electron chi connectivity index (χ3n) is 2.78. The number of benzene rings is 1. The number of halogens is 2. The summed E-state index contributed by atoms with van der Waals surface area (Å²) in [6.07, 6.45) is 0. The zero-order valence-electron chi connectivity index (χ0n) is 9.88. The van der Waals surface area contributed by atoms with Gasteiger partial charge in [0.1, 0.15) is 5.82 Å². The monoisotopic (exact) mass is 315 g/mol. The number of carbonyl (C=O) groups is 1. The van der Waals surface area contributed by atoms with Gasteiger partial charge in [-0.3, -0.25) is 9.69 Å². The van der Waals surface area contributed by atoms with Crippen molar-refractivity contribution in [1.29, 1.82) is 0 Å². The Morgan fingerprint density at radius 3 is 2.89 bits per heavy atom. The van der Waals surface area contributed by atoms with E-state index in [1.165, 1.54) is 12.1 Å². The van der Waals surface area contributed by atoms with Crippen LogP contribution < -0.4 is 10.6 Å². The van der Waals surface area contributed by atoms with Gasteiger partial charge >= 0.3 is 0 Å². The van der Waals surface area contributed by atoms with Gasteiger partial charge in [0.2, 0.25) is 5.91 Å². The molecule has 1 aliphatic rings. The molecule has 1 saturated heterocycles. The van der Waals surface area contributed by atoms with Crippen molar-refractivity contribution in [2.24, 2.45) is 0 Å². The quantitative estimate of drug-likeness (QED) is 0.887. The SMILES string of the molecule is O=C(CN1CCNCC1)Nc1cc(F)ccc1Br. The van der Waals surface area contributed by atoms with Crippen LogP contribution in [-0.2, 0) is 4.79 Å². The van der Waals surface area contributed by atoms with Gasteiger partial charge in [-0.15, -0.1) is 0 Å². The molecule has 6 heteroatoms. The van der Waals surface area contributed by atoms with E-state index < -0.39 is 0 Å². The fourth-order valence-corrected chi connectivity index (χ4v) is 2.20. The van der Waals surface area contributed by atoms with E-state index in [4.69, 9.17) is 0 Å². The highest BCUT2D eigenvalue weighted by Crippen LogP contribution is 2.22. The van der Waals surface area contributed by atoms with Crippen molar-refractivity contribution in [3.05, 3.63) is 28.5 Å². The van der Waals surface area contributed by atoms with Crippen LogP contribution in [0.1, 0.15) is 0 Å². The average molecular weight is 316 g/mol. The predicted molar refractivity (Wildman–Crippen MR) is 72.0 cm³/mol. The summed E-state index contributed by atoms with van der Waals surface area (Å²) < 4.78 is 13.7. The number of carbonyl (C=O) groups excluding carboxylic acids is 1. The number of hydrogen-bond donors (Lipinski definition) is 2. The van der Waals surface area contributed by atoms with Crippen LogP contribution in [0.2, 0.25) is 0 Å². The van der Waals surface area contributed by atoms with Crippen LogP contribution >= 0.6 is 15.9 Å². The first-order valence-electron chi connectivity index (χ1n) is 5.83. The van der Waals surface area contributed by atoms with E-state index in [0.29, 0.717) is 16.7 Å². The molecule has 1 aromatic carbocycles. The molecule has 0 atom stereocenters. The molecule has 0 aromatic heterocycles. The van der Waals surface area contributed by atoms with Crippen molar-refractivity contribution < 1.29 is 9.18 Å². The Morgan fingerprint density at radius 2 is 2.17 bits per heavy atom. The molecular weight excluding hydrogens is 301 g/mol. The summed E-state index contributed by atoms with van der Waals surface area (Å²) in [4.78, 5) is 13.9. The van der Waals surface area contributed by atoms with Gasteiger partial charge in [-0.1, -0.05) is 0 Å². The van der Waals surface area contributed by atoms with Gasteiger partial charge in [-0.2, -0.15) is 0 Å². The first-order chi connectivity index (χ1) is 8.65. The smallest absolute Gasteiger partial charge is 0.238 e. The van der Waals surface area contributed by atoms with Gasteiger partial charge in [0.25, 0.3) is 0 Å². The Bertz CT molecular complexity index is 435. The minimum Gasteiger partial charge on any atom is -0.324 e. The van der Waals surface area contributed by atoms with Crippen LogP contribution in [0.5, 0.6) is 0 Å². The Labute approximate surface area is 114 Å². The predicted octanol–water partition coefficient (Wildman–Crippen LogP) is 1.43. The van der Waals surface area contributed by atoms with Crippen LogP contribution in [0, 0.1) is 5.82 Å². The second-order valence-corrected chi connectivity index (χ2v) is 5.05. The van der Waals surface area contributed by atoms with E-state index in [1.807, 2.05) is 0 Å². The second-order valence-electron chi connectivity index (χ2n) is 4.20. The number of rotatable bonds is 3. The van der Waals surface area contributed by atoms with Crippen molar-refractivity contribution in [2.75, 3.05) is 38.0 Å². The molecule has 2 rings (SSSR count). The molecule has 2 N–H and O–H groups in total. The third kappa shape index (κ3) is 3.76. The molecule has 0 unspecified atom stereocenters. The lowest BCUT2D eigenvalue weighted by molar-refractivity contribution is -0.117. The number of nitrogens with zero attached hydrogens (tertiary/aromatic N) is 1. The summed E-state index contributed by atoms with van der Waals surface area (Å²) >= 11 is 3.28. The molecule has 0 aliphatic carbocycles. The zero-order chi connectivity index (χ0) is 13.0. The number of hydrogen-bond acceptors (Lipinski definition) is 3. The Morgan fingerprint density at radius 1 is 1.44 bits per heavy atom. The fourth-order valence-electron chi connectivity index (χ4n) is 1.86. The van der Waals surface area contributed by atoms with Gasteiger partial charge < -0.3 is 10.6 Å². The van der Waals surface area contributed by atoms with E-state index in [2.05, 4.69) is 31.5 Å². The number of piperazine rings is 1. The first-order valence-corrected chi connectivity index (χ1v) is 6.62. The Kier molecular flexibility index (Phi) is 4.68. The summed E-state index contributed by atoms with van der Waals surface area (Å²) in [5.74, 6) is -0.487. The van der Waals surface area contributed by atoms with Crippen LogP contribution in [0.4, 0.5) is 10.1 Å². The van der Waals surface area contributed by atoms with Gasteiger partial charge in [0, 0.05) is 30.7 Å². The Hall–Kier alpha value is -0.980. The van der Waals surface area contributed by atoms with Crippen molar-refractivity contribution in [3.8, 4) is 0 Å². The minimum absolute atomic E-state index is 0.122. The van der Waals surface area contributed by atoms with Gasteiger partial charge in [0.05, 0.1) is 12.2 Å². The van der Waals surface area contributed by atoms with Crippen LogP contribution in [0.3, 0.4) is 0 Å². The van der Waals surface area contributed by atoms with Gasteiger partial charge in [-0.05, 0) is 34.1 Å². The maximum absolute atomic E-state index is 13.1. The van der Waals surface area contributed by atoms with E-state index in [-0.39, 0.29) is 11.7 Å². The third-order valence-corrected chi connectivity index (χ3v) is 3.47. The lowest BCUT2D eigenvalue weighted by Crippen LogP contribution is -2.46. The molecule has 1 heterocycles. The lowest BCUT2D eigenvalue weighted by atomic mass is 10.3. The number of nitrogens with one attached hydrogen (secondary N) is 2. The topological polar surface area (TPSA) is 44.4 Å². The highest BCUT2D eigenvalue weighted by Gasteiger charge is 2.14. The summed E-state index contributed by atoms with van der Waals surface area (Å²) in [5, 5.41) is 5.93. The largest absolute Gasteiger partial charge is 0.324 e. The number of amides is 1. The fraction of sp³-hybridized carbons (Fsp3) is 0.417. The second kappa shape index (κ2) is 6.26. The molecule has 1 amide bonds. The molecule has 1 aromatic rings. The minimum atomic E-state index is -0.365. The van der Waals surface area contributed by atoms with Crippen molar-refractivity contribution >= 4 is 27.5 Å². The maximum Gasteiger partial charge on any atom is 0.238 e. The lowest BCUT2D eigenvalue weighted by Gasteiger charge is -2.26. The summed E-state index contributed by atoms with van der Waals surface area (Å²) in [6, 6.07) is 4.23. The number of anilines is 1. The van der Waals surface area contributed by atoms with E-state index in [9.17, 15) is 9.18 Å². The van der Waals surface area contributed by atoms with E-state index in [0.717, 1.165) is 26.2 Å². The van der Waals surface area contributed by atoms with Crippen molar-refractivity contribution in [2.45, 2.75) is 0 Å². The molecule has 98 valence electrons. The average Bonchev–Trinajstić information content (AvgIpc) is 2.35. The van der Waals surface area contributed by atoms with Crippen molar-refractivity contribution in [3.63, 3.8) is 0 Å². The molecule has 1 fully saturated rings. The summed E-state index contributed by atoms with van der Waals surface area (Å²) in [5.41, 5.74) is 0.468. The molecule has 0 bridgehead atoms. The van der Waals surface area contributed by atoms with Crippen LogP contribution in [-0.4, -0.2) is 43.5 Å². The molecule has 4 nitrogen and oxygen atoms in total. The maximum atomic E-state index is 13.1. The zero-order valence-corrected chi connectivity index (χ0v) is 11.5. The van der Waals surface area contributed by atoms with E-state index in [1.54, 1.807) is 6.07 Å². The van der Waals surface area contributed by atoms with Crippen LogP contribution in [0.15, 0.2) is 22.7 Å². The summed E-state index contributed by atoms with van der Waals surface area (Å²) in [6.45, 7) is 3.86.